The first kappa shape index (κ1) is 15.3. The predicted octanol–water partition coefficient (Wildman–Crippen LogP) is 2.15. The highest BCUT2D eigenvalue weighted by Gasteiger charge is 2.14. The fraction of sp³-hybridized carbons (Fsp3) is 0.929. The zero-order chi connectivity index (χ0) is 13.2. The summed E-state index contributed by atoms with van der Waals surface area (Å²) in [6.07, 6.45) is 9.17. The van der Waals surface area contributed by atoms with Crippen LogP contribution in [0.3, 0.4) is 0 Å². The molecule has 18 heavy (non-hydrogen) atoms. The van der Waals surface area contributed by atoms with Crippen molar-refractivity contribution in [2.24, 2.45) is 11.7 Å². The van der Waals surface area contributed by atoms with Gasteiger partial charge in [0.25, 0.3) is 0 Å². The zero-order valence-corrected chi connectivity index (χ0v) is 11.9. The zero-order valence-electron chi connectivity index (χ0n) is 11.9. The summed E-state index contributed by atoms with van der Waals surface area (Å²) in [5.74, 6) is 1.06. The van der Waals surface area contributed by atoms with Crippen LogP contribution in [-0.4, -0.2) is 37.0 Å². The Bertz CT molecular complexity index is 230. The lowest BCUT2D eigenvalue weighted by Crippen LogP contribution is -2.31. The molecule has 1 atom stereocenters. The first-order chi connectivity index (χ1) is 8.72. The van der Waals surface area contributed by atoms with Crippen molar-refractivity contribution < 1.29 is 0 Å². The Morgan fingerprint density at radius 1 is 1.28 bits per heavy atom. The lowest BCUT2D eigenvalue weighted by Gasteiger charge is -2.19. The number of nitrogens with zero attached hydrogens (tertiary/aromatic N) is 1. The number of likely N-dealkylation sites (tertiary alicyclic amines) is 1. The van der Waals surface area contributed by atoms with E-state index in [4.69, 9.17) is 11.1 Å². The molecule has 1 aliphatic heterocycles. The first-order valence-corrected chi connectivity index (χ1v) is 7.52. The number of unbranched alkanes of at least 4 members (excludes halogenated alkanes) is 2. The average molecular weight is 254 g/mol. The maximum atomic E-state index is 7.05. The van der Waals surface area contributed by atoms with Crippen LogP contribution in [0.1, 0.15) is 51.9 Å². The fourth-order valence-corrected chi connectivity index (χ4v) is 2.72. The van der Waals surface area contributed by atoms with Crippen LogP contribution in [0, 0.1) is 11.3 Å². The molecular weight excluding hydrogens is 224 g/mol. The Balaban J connectivity index is 2.00. The summed E-state index contributed by atoms with van der Waals surface area (Å²) in [5, 5.41) is 9.91. The van der Waals surface area contributed by atoms with Crippen LogP contribution < -0.4 is 11.1 Å². The molecule has 0 saturated carbocycles. The molecule has 4 N–H and O–H groups in total. The third kappa shape index (κ3) is 6.84. The van der Waals surface area contributed by atoms with Crippen molar-refractivity contribution in [1.82, 2.24) is 10.2 Å². The minimum Gasteiger partial charge on any atom is -0.370 e. The van der Waals surface area contributed by atoms with Gasteiger partial charge in [0.1, 0.15) is 0 Å². The summed E-state index contributed by atoms with van der Waals surface area (Å²) in [6.45, 7) is 7.00. The standard InChI is InChI=1S/C14H30N4/c1-2-13-7-6-11-18(12-8-13)10-5-3-4-9-17-14(15)16/h13H,2-12H2,1H3,(H4,15,16,17). The van der Waals surface area contributed by atoms with Gasteiger partial charge < -0.3 is 16.0 Å². The average Bonchev–Trinajstić information content (AvgIpc) is 2.58. The SMILES string of the molecule is CCC1CCCN(CCCCCNC(=N)N)CC1. The first-order valence-electron chi connectivity index (χ1n) is 7.52. The number of hydrogen-bond donors (Lipinski definition) is 3. The number of rotatable bonds is 7. The number of guanidine groups is 1. The van der Waals surface area contributed by atoms with E-state index in [1.54, 1.807) is 0 Å². The van der Waals surface area contributed by atoms with Gasteiger partial charge >= 0.3 is 0 Å². The summed E-state index contributed by atoms with van der Waals surface area (Å²) in [4.78, 5) is 2.63. The fourth-order valence-electron chi connectivity index (χ4n) is 2.72. The Labute approximate surface area is 112 Å². The molecule has 0 amide bonds. The van der Waals surface area contributed by atoms with E-state index in [2.05, 4.69) is 17.1 Å². The van der Waals surface area contributed by atoms with Gasteiger partial charge in [-0.25, -0.2) is 0 Å². The van der Waals surface area contributed by atoms with Crippen LogP contribution >= 0.6 is 0 Å². The van der Waals surface area contributed by atoms with Crippen LogP contribution in [0.25, 0.3) is 0 Å². The number of hydrogen-bond acceptors (Lipinski definition) is 2. The van der Waals surface area contributed by atoms with E-state index in [-0.39, 0.29) is 5.96 Å². The lowest BCUT2D eigenvalue weighted by atomic mass is 9.98. The van der Waals surface area contributed by atoms with E-state index in [0.717, 1.165) is 18.9 Å². The molecule has 1 saturated heterocycles. The van der Waals surface area contributed by atoms with Gasteiger partial charge in [0.2, 0.25) is 0 Å². The molecule has 0 aromatic heterocycles. The van der Waals surface area contributed by atoms with Gasteiger partial charge in [-0.15, -0.1) is 0 Å². The second kappa shape index (κ2) is 9.20. The predicted molar refractivity (Wildman–Crippen MR) is 77.8 cm³/mol. The summed E-state index contributed by atoms with van der Waals surface area (Å²) in [5.41, 5.74) is 5.23. The Hall–Kier alpha value is -0.770. The molecule has 1 rings (SSSR count). The Morgan fingerprint density at radius 2 is 2.11 bits per heavy atom. The van der Waals surface area contributed by atoms with E-state index in [1.165, 1.54) is 58.2 Å². The normalized spacial score (nSPS) is 21.5. The third-order valence-corrected chi connectivity index (χ3v) is 3.98. The minimum atomic E-state index is 0.0909. The molecule has 4 heteroatoms. The van der Waals surface area contributed by atoms with Crippen LogP contribution in [-0.2, 0) is 0 Å². The molecule has 0 bridgehead atoms. The quantitative estimate of drug-likeness (QED) is 0.370. The van der Waals surface area contributed by atoms with Crippen molar-refractivity contribution in [3.63, 3.8) is 0 Å². The van der Waals surface area contributed by atoms with Gasteiger partial charge in [-0.1, -0.05) is 19.8 Å². The lowest BCUT2D eigenvalue weighted by molar-refractivity contribution is 0.273. The van der Waals surface area contributed by atoms with Gasteiger partial charge in [0.15, 0.2) is 5.96 Å². The van der Waals surface area contributed by atoms with E-state index < -0.39 is 0 Å². The molecule has 0 aliphatic carbocycles. The molecule has 1 aliphatic rings. The van der Waals surface area contributed by atoms with Crippen molar-refractivity contribution in [2.75, 3.05) is 26.2 Å². The van der Waals surface area contributed by atoms with Gasteiger partial charge in [0.05, 0.1) is 0 Å². The number of nitrogens with one attached hydrogen (secondary N) is 2. The van der Waals surface area contributed by atoms with E-state index in [9.17, 15) is 0 Å². The van der Waals surface area contributed by atoms with E-state index in [0.29, 0.717) is 0 Å². The number of nitrogens with two attached hydrogens (primary N) is 1. The van der Waals surface area contributed by atoms with E-state index >= 15 is 0 Å². The summed E-state index contributed by atoms with van der Waals surface area (Å²) in [7, 11) is 0. The molecule has 1 unspecified atom stereocenters. The maximum Gasteiger partial charge on any atom is 0.185 e. The summed E-state index contributed by atoms with van der Waals surface area (Å²) in [6, 6.07) is 0. The second-order valence-corrected chi connectivity index (χ2v) is 5.45. The minimum absolute atomic E-state index is 0.0909. The van der Waals surface area contributed by atoms with Crippen molar-refractivity contribution >= 4 is 5.96 Å². The van der Waals surface area contributed by atoms with Gasteiger partial charge in [0, 0.05) is 6.54 Å². The van der Waals surface area contributed by atoms with Crippen molar-refractivity contribution in [2.45, 2.75) is 51.9 Å². The summed E-state index contributed by atoms with van der Waals surface area (Å²) >= 11 is 0. The van der Waals surface area contributed by atoms with E-state index in [1.807, 2.05) is 0 Å². The van der Waals surface area contributed by atoms with Crippen LogP contribution in [0.5, 0.6) is 0 Å². The topological polar surface area (TPSA) is 65.1 Å². The molecule has 4 nitrogen and oxygen atoms in total. The largest absolute Gasteiger partial charge is 0.370 e. The molecule has 0 spiro atoms. The highest BCUT2D eigenvalue weighted by atomic mass is 15.1. The molecule has 106 valence electrons. The third-order valence-electron chi connectivity index (χ3n) is 3.98. The molecule has 0 aromatic carbocycles. The van der Waals surface area contributed by atoms with Crippen molar-refractivity contribution in [3.05, 3.63) is 0 Å². The molecule has 1 heterocycles. The van der Waals surface area contributed by atoms with Crippen molar-refractivity contribution in [1.29, 1.82) is 5.41 Å². The maximum absolute atomic E-state index is 7.05. The monoisotopic (exact) mass is 254 g/mol. The van der Waals surface area contributed by atoms with Gasteiger partial charge in [-0.05, 0) is 57.7 Å². The molecule has 1 fully saturated rings. The highest BCUT2D eigenvalue weighted by Crippen LogP contribution is 2.20. The summed E-state index contributed by atoms with van der Waals surface area (Å²) < 4.78 is 0. The highest BCUT2D eigenvalue weighted by molar-refractivity contribution is 5.74. The van der Waals surface area contributed by atoms with Crippen molar-refractivity contribution in [3.8, 4) is 0 Å². The smallest absolute Gasteiger partial charge is 0.185 e. The molecule has 0 aromatic rings. The molecule has 0 radical (unpaired) electrons. The van der Waals surface area contributed by atoms with Crippen LogP contribution in [0.4, 0.5) is 0 Å². The Kier molecular flexibility index (Phi) is 7.81. The van der Waals surface area contributed by atoms with Gasteiger partial charge in [-0.2, -0.15) is 0 Å². The Morgan fingerprint density at radius 3 is 2.83 bits per heavy atom. The second-order valence-electron chi connectivity index (χ2n) is 5.45. The van der Waals surface area contributed by atoms with Crippen LogP contribution in [0.15, 0.2) is 0 Å². The van der Waals surface area contributed by atoms with Crippen LogP contribution in [0.2, 0.25) is 0 Å². The van der Waals surface area contributed by atoms with Gasteiger partial charge in [-0.3, -0.25) is 5.41 Å². The molecular formula is C14H30N4.